The maximum Gasteiger partial charge on any atom is 0.326 e. The Hall–Kier alpha value is -2.08. The first-order valence-electron chi connectivity index (χ1n) is 7.05. The summed E-state index contributed by atoms with van der Waals surface area (Å²) in [4.78, 5) is 22.8. The van der Waals surface area contributed by atoms with Crippen LogP contribution in [-0.4, -0.2) is 41.4 Å². The van der Waals surface area contributed by atoms with Gasteiger partial charge in [0.2, 0.25) is 0 Å². The number of aliphatic hydroxyl groups excluding tert-OH is 1. The van der Waals surface area contributed by atoms with Crippen molar-refractivity contribution in [3.8, 4) is 0 Å². The van der Waals surface area contributed by atoms with Gasteiger partial charge in [-0.05, 0) is 24.8 Å². The lowest BCUT2D eigenvalue weighted by Gasteiger charge is -2.15. The van der Waals surface area contributed by atoms with Crippen molar-refractivity contribution in [1.82, 2.24) is 10.6 Å². The molecule has 6 heteroatoms. The van der Waals surface area contributed by atoms with Crippen LogP contribution in [0.5, 0.6) is 0 Å². The van der Waals surface area contributed by atoms with Crippen LogP contribution in [0.3, 0.4) is 0 Å². The van der Waals surface area contributed by atoms with Gasteiger partial charge in [-0.15, -0.1) is 0 Å². The lowest BCUT2D eigenvalue weighted by atomic mass is 10.1. The van der Waals surface area contributed by atoms with Crippen molar-refractivity contribution >= 4 is 12.0 Å². The van der Waals surface area contributed by atoms with E-state index in [-0.39, 0.29) is 13.0 Å². The topological polar surface area (TPSA) is 98.7 Å². The van der Waals surface area contributed by atoms with Crippen LogP contribution in [0.4, 0.5) is 4.79 Å². The summed E-state index contributed by atoms with van der Waals surface area (Å²) in [6.07, 6.45) is 2.52. The Kier molecular flexibility index (Phi) is 7.89. The predicted octanol–water partition coefficient (Wildman–Crippen LogP) is 1.14. The Morgan fingerprint density at radius 2 is 1.81 bits per heavy atom. The van der Waals surface area contributed by atoms with E-state index in [1.807, 2.05) is 30.3 Å². The average molecular weight is 294 g/mol. The highest BCUT2D eigenvalue weighted by Crippen LogP contribution is 2.03. The normalized spacial score (nSPS) is 11.7. The largest absolute Gasteiger partial charge is 0.480 e. The molecule has 0 radical (unpaired) electrons. The molecule has 1 atom stereocenters. The van der Waals surface area contributed by atoms with Gasteiger partial charge in [0.15, 0.2) is 0 Å². The molecule has 0 bridgehead atoms. The van der Waals surface area contributed by atoms with E-state index >= 15 is 0 Å². The average Bonchev–Trinajstić information content (AvgIpc) is 2.47. The van der Waals surface area contributed by atoms with E-state index in [4.69, 9.17) is 10.2 Å². The SMILES string of the molecule is O=C(NCCCCCO)NC(Cc1ccccc1)C(=O)O. The minimum absolute atomic E-state index is 0.143. The number of nitrogens with one attached hydrogen (secondary N) is 2. The van der Waals surface area contributed by atoms with Gasteiger partial charge in [-0.1, -0.05) is 30.3 Å². The minimum atomic E-state index is -1.06. The van der Waals surface area contributed by atoms with Crippen molar-refractivity contribution < 1.29 is 19.8 Å². The Bertz CT molecular complexity index is 437. The third-order valence-corrected chi connectivity index (χ3v) is 3.01. The molecule has 6 nitrogen and oxygen atoms in total. The lowest BCUT2D eigenvalue weighted by molar-refractivity contribution is -0.139. The number of hydrogen-bond acceptors (Lipinski definition) is 3. The third kappa shape index (κ3) is 7.31. The smallest absolute Gasteiger partial charge is 0.326 e. The van der Waals surface area contributed by atoms with Gasteiger partial charge in [-0.2, -0.15) is 0 Å². The van der Waals surface area contributed by atoms with Crippen molar-refractivity contribution in [3.05, 3.63) is 35.9 Å². The second-order valence-electron chi connectivity index (χ2n) is 4.77. The highest BCUT2D eigenvalue weighted by molar-refractivity contribution is 5.82. The van der Waals surface area contributed by atoms with E-state index in [1.165, 1.54) is 0 Å². The lowest BCUT2D eigenvalue weighted by Crippen LogP contribution is -2.47. The van der Waals surface area contributed by atoms with Gasteiger partial charge in [0.1, 0.15) is 6.04 Å². The summed E-state index contributed by atoms with van der Waals surface area (Å²) in [5, 5.41) is 22.9. The fourth-order valence-corrected chi connectivity index (χ4v) is 1.87. The number of benzene rings is 1. The molecular weight excluding hydrogens is 272 g/mol. The maximum atomic E-state index is 11.6. The summed E-state index contributed by atoms with van der Waals surface area (Å²) in [5.74, 6) is -1.06. The van der Waals surface area contributed by atoms with Crippen LogP contribution in [0.1, 0.15) is 24.8 Å². The molecule has 0 aliphatic rings. The van der Waals surface area contributed by atoms with E-state index in [2.05, 4.69) is 10.6 Å². The monoisotopic (exact) mass is 294 g/mol. The molecule has 0 saturated heterocycles. The number of unbranched alkanes of at least 4 members (excludes halogenated alkanes) is 2. The number of aliphatic hydroxyl groups is 1. The van der Waals surface area contributed by atoms with Gasteiger partial charge in [-0.25, -0.2) is 9.59 Å². The summed E-state index contributed by atoms with van der Waals surface area (Å²) in [5.41, 5.74) is 0.855. The Balaban J connectivity index is 2.36. The first-order chi connectivity index (χ1) is 10.1. The van der Waals surface area contributed by atoms with Crippen LogP contribution in [-0.2, 0) is 11.2 Å². The number of amides is 2. The van der Waals surface area contributed by atoms with Crippen LogP contribution in [0.25, 0.3) is 0 Å². The molecule has 0 fully saturated rings. The molecule has 1 rings (SSSR count). The number of carboxylic acid groups (broad SMARTS) is 1. The van der Waals surface area contributed by atoms with E-state index in [1.54, 1.807) is 0 Å². The molecule has 1 aromatic rings. The number of carbonyl (C=O) groups excluding carboxylic acids is 1. The number of rotatable bonds is 9. The van der Waals surface area contributed by atoms with Crippen molar-refractivity contribution in [2.45, 2.75) is 31.7 Å². The van der Waals surface area contributed by atoms with Crippen LogP contribution in [0.2, 0.25) is 0 Å². The van der Waals surface area contributed by atoms with Crippen molar-refractivity contribution in [1.29, 1.82) is 0 Å². The summed E-state index contributed by atoms with van der Waals surface area (Å²) >= 11 is 0. The molecule has 1 aromatic carbocycles. The van der Waals surface area contributed by atoms with Crippen molar-refractivity contribution in [2.24, 2.45) is 0 Å². The molecule has 0 aromatic heterocycles. The molecule has 1 unspecified atom stereocenters. The predicted molar refractivity (Wildman–Crippen MR) is 79.0 cm³/mol. The molecule has 2 amide bonds. The number of urea groups is 1. The van der Waals surface area contributed by atoms with E-state index < -0.39 is 18.0 Å². The summed E-state index contributed by atoms with van der Waals surface area (Å²) < 4.78 is 0. The van der Waals surface area contributed by atoms with Crippen LogP contribution >= 0.6 is 0 Å². The molecule has 116 valence electrons. The molecule has 0 saturated carbocycles. The van der Waals surface area contributed by atoms with Gasteiger partial charge in [0, 0.05) is 19.6 Å². The first kappa shape index (κ1) is 17.0. The first-order valence-corrected chi connectivity index (χ1v) is 7.05. The Labute approximate surface area is 124 Å². The highest BCUT2D eigenvalue weighted by Gasteiger charge is 2.19. The molecule has 0 aliphatic heterocycles. The molecule has 0 aliphatic carbocycles. The second-order valence-corrected chi connectivity index (χ2v) is 4.77. The molecule has 4 N–H and O–H groups in total. The number of carbonyl (C=O) groups is 2. The van der Waals surface area contributed by atoms with Crippen molar-refractivity contribution in [2.75, 3.05) is 13.2 Å². The fraction of sp³-hybridized carbons (Fsp3) is 0.467. The quantitative estimate of drug-likeness (QED) is 0.513. The van der Waals surface area contributed by atoms with Gasteiger partial charge >= 0.3 is 12.0 Å². The second kappa shape index (κ2) is 9.77. The van der Waals surface area contributed by atoms with Gasteiger partial charge in [0.05, 0.1) is 0 Å². The van der Waals surface area contributed by atoms with Crippen LogP contribution in [0.15, 0.2) is 30.3 Å². The number of hydrogen-bond donors (Lipinski definition) is 4. The number of aliphatic carboxylic acids is 1. The summed E-state index contributed by atoms with van der Waals surface area (Å²) in [6, 6.07) is 7.72. The molecule has 0 spiro atoms. The zero-order valence-corrected chi connectivity index (χ0v) is 11.9. The zero-order valence-electron chi connectivity index (χ0n) is 11.9. The summed E-state index contributed by atoms with van der Waals surface area (Å²) in [7, 11) is 0. The maximum absolute atomic E-state index is 11.6. The minimum Gasteiger partial charge on any atom is -0.480 e. The molecule has 21 heavy (non-hydrogen) atoms. The third-order valence-electron chi connectivity index (χ3n) is 3.01. The Morgan fingerprint density at radius 1 is 1.10 bits per heavy atom. The fourth-order valence-electron chi connectivity index (χ4n) is 1.87. The summed E-state index contributed by atoms with van der Waals surface area (Å²) in [6.45, 7) is 0.605. The van der Waals surface area contributed by atoms with Crippen LogP contribution < -0.4 is 10.6 Å². The van der Waals surface area contributed by atoms with Crippen molar-refractivity contribution in [3.63, 3.8) is 0 Å². The van der Waals surface area contributed by atoms with E-state index in [0.717, 1.165) is 18.4 Å². The number of carboxylic acids is 1. The van der Waals surface area contributed by atoms with Gasteiger partial charge < -0.3 is 20.8 Å². The van der Waals surface area contributed by atoms with Crippen LogP contribution in [0, 0.1) is 0 Å². The Morgan fingerprint density at radius 3 is 2.43 bits per heavy atom. The van der Waals surface area contributed by atoms with E-state index in [9.17, 15) is 9.59 Å². The highest BCUT2D eigenvalue weighted by atomic mass is 16.4. The molecular formula is C15H22N2O4. The molecule has 0 heterocycles. The zero-order chi connectivity index (χ0) is 15.5. The standard InChI is InChI=1S/C15H22N2O4/c18-10-6-2-5-9-16-15(21)17-13(14(19)20)11-12-7-3-1-4-8-12/h1,3-4,7-8,13,18H,2,5-6,9-11H2,(H,19,20)(H2,16,17,21). The van der Waals surface area contributed by atoms with Gasteiger partial charge in [-0.3, -0.25) is 0 Å². The van der Waals surface area contributed by atoms with E-state index in [0.29, 0.717) is 13.0 Å². The van der Waals surface area contributed by atoms with Gasteiger partial charge in [0.25, 0.3) is 0 Å².